The molecule has 0 bridgehead atoms. The number of ketones is 1. The zero-order valence-electron chi connectivity index (χ0n) is 28.4. The minimum atomic E-state index is 0.0700. The van der Waals surface area contributed by atoms with Crippen LogP contribution in [0, 0.1) is 0 Å². The molecule has 0 spiro atoms. The minimum Gasteiger partial charge on any atom is -0.311 e. The van der Waals surface area contributed by atoms with E-state index in [2.05, 4.69) is 192 Å². The number of hydrogen-bond donors (Lipinski definition) is 0. The van der Waals surface area contributed by atoms with Crippen molar-refractivity contribution in [3.63, 3.8) is 0 Å². The number of fused-ring (bicyclic) bond motifs is 3. The molecule has 3 nitrogen and oxygen atoms in total. The summed E-state index contributed by atoms with van der Waals surface area (Å²) in [6.07, 6.45) is 0. The first-order chi connectivity index (χ1) is 25.7. The van der Waals surface area contributed by atoms with Crippen LogP contribution >= 0.6 is 0 Å². The Balaban J connectivity index is 0.985. The predicted octanol–water partition coefficient (Wildman–Crippen LogP) is 13.2. The fourth-order valence-corrected chi connectivity index (χ4v) is 7.25. The summed E-state index contributed by atoms with van der Waals surface area (Å²) in [7, 11) is 0. The van der Waals surface area contributed by atoms with E-state index in [1.807, 2.05) is 24.3 Å². The Bertz CT molecular complexity index is 2240. The quantitative estimate of drug-likeness (QED) is 0.161. The number of rotatable bonds is 8. The molecular weight excluding hydrogens is 633 g/mol. The van der Waals surface area contributed by atoms with E-state index in [0.29, 0.717) is 0 Å². The maximum Gasteiger partial charge on any atom is 0.194 e. The molecule has 0 radical (unpaired) electrons. The SMILES string of the molecule is O=C1c2cc(-c3ccc(N(c4ccccc4)c4ccccc4)cc3)ccc2-c2ccc(-c3ccc(N(c4ccccc4)c4ccccc4)cc3)cc21. The van der Waals surface area contributed by atoms with E-state index in [9.17, 15) is 4.79 Å². The summed E-state index contributed by atoms with van der Waals surface area (Å²) >= 11 is 0. The van der Waals surface area contributed by atoms with Gasteiger partial charge in [-0.2, -0.15) is 0 Å². The standard InChI is InChI=1S/C49H34N2O/c52-49-47-33-37(35-21-27-43(28-22-35)50(39-13-5-1-6-14-39)40-15-7-2-8-16-40)25-31-45(47)46-32-26-38(34-48(46)49)36-23-29-44(30-24-36)51(41-17-9-3-10-18-41)42-19-11-4-12-20-42/h1-34H. The van der Waals surface area contributed by atoms with E-state index >= 15 is 0 Å². The predicted molar refractivity (Wildman–Crippen MR) is 216 cm³/mol. The van der Waals surface area contributed by atoms with Gasteiger partial charge in [0, 0.05) is 45.3 Å². The van der Waals surface area contributed by atoms with Gasteiger partial charge in [0.25, 0.3) is 0 Å². The van der Waals surface area contributed by atoms with Gasteiger partial charge in [-0.3, -0.25) is 4.79 Å². The molecule has 0 unspecified atom stereocenters. The lowest BCUT2D eigenvalue weighted by Crippen LogP contribution is -2.09. The summed E-state index contributed by atoms with van der Waals surface area (Å²) in [6, 6.07) is 71.3. The van der Waals surface area contributed by atoms with E-state index in [1.165, 1.54) is 0 Å². The molecule has 0 saturated heterocycles. The van der Waals surface area contributed by atoms with Crippen molar-refractivity contribution in [2.24, 2.45) is 0 Å². The summed E-state index contributed by atoms with van der Waals surface area (Å²) in [4.78, 5) is 18.5. The van der Waals surface area contributed by atoms with Crippen LogP contribution < -0.4 is 9.80 Å². The lowest BCUT2D eigenvalue weighted by Gasteiger charge is -2.25. The van der Waals surface area contributed by atoms with E-state index in [-0.39, 0.29) is 5.78 Å². The maximum atomic E-state index is 14.0. The average molecular weight is 667 g/mol. The largest absolute Gasteiger partial charge is 0.311 e. The third-order valence-corrected chi connectivity index (χ3v) is 9.79. The molecule has 0 atom stereocenters. The smallest absolute Gasteiger partial charge is 0.194 e. The van der Waals surface area contributed by atoms with E-state index in [0.717, 1.165) is 78.6 Å². The average Bonchev–Trinajstić information content (AvgIpc) is 3.50. The molecule has 246 valence electrons. The van der Waals surface area contributed by atoms with Crippen LogP contribution in [0.25, 0.3) is 33.4 Å². The van der Waals surface area contributed by atoms with Crippen molar-refractivity contribution in [2.45, 2.75) is 0 Å². The molecule has 0 amide bonds. The fraction of sp³-hybridized carbons (Fsp3) is 0. The number of carbonyl (C=O) groups excluding carboxylic acids is 1. The second kappa shape index (κ2) is 13.4. The van der Waals surface area contributed by atoms with Gasteiger partial charge < -0.3 is 9.80 Å². The number of carbonyl (C=O) groups is 1. The molecule has 8 aromatic carbocycles. The van der Waals surface area contributed by atoms with Crippen LogP contribution in [0.3, 0.4) is 0 Å². The van der Waals surface area contributed by atoms with Crippen molar-refractivity contribution in [1.29, 1.82) is 0 Å². The Morgan fingerprint density at radius 2 is 0.519 bits per heavy atom. The first-order valence-electron chi connectivity index (χ1n) is 17.6. The molecule has 52 heavy (non-hydrogen) atoms. The molecule has 8 aromatic rings. The van der Waals surface area contributed by atoms with Gasteiger partial charge >= 0.3 is 0 Å². The van der Waals surface area contributed by atoms with Gasteiger partial charge in [0.2, 0.25) is 0 Å². The molecule has 0 heterocycles. The topological polar surface area (TPSA) is 23.6 Å². The maximum absolute atomic E-state index is 14.0. The monoisotopic (exact) mass is 666 g/mol. The summed E-state index contributed by atoms with van der Waals surface area (Å²) in [6.45, 7) is 0. The summed E-state index contributed by atoms with van der Waals surface area (Å²) in [5.74, 6) is 0.0700. The van der Waals surface area contributed by atoms with Gasteiger partial charge in [0.15, 0.2) is 5.78 Å². The first kappa shape index (κ1) is 31.0. The third-order valence-electron chi connectivity index (χ3n) is 9.79. The van der Waals surface area contributed by atoms with Gasteiger partial charge in [-0.25, -0.2) is 0 Å². The highest BCUT2D eigenvalue weighted by Crippen LogP contribution is 2.42. The van der Waals surface area contributed by atoms with Gasteiger partial charge in [-0.1, -0.05) is 121 Å². The lowest BCUT2D eigenvalue weighted by molar-refractivity contribution is 0.104. The van der Waals surface area contributed by atoms with E-state index < -0.39 is 0 Å². The Hall–Kier alpha value is -6.97. The van der Waals surface area contributed by atoms with Crippen molar-refractivity contribution in [1.82, 2.24) is 0 Å². The molecule has 0 saturated carbocycles. The molecular formula is C49H34N2O. The number of anilines is 6. The van der Waals surface area contributed by atoms with Crippen LogP contribution in [0.15, 0.2) is 206 Å². The zero-order valence-corrected chi connectivity index (χ0v) is 28.4. The molecule has 1 aliphatic rings. The lowest BCUT2D eigenvalue weighted by atomic mass is 9.98. The van der Waals surface area contributed by atoms with Gasteiger partial charge in [-0.15, -0.1) is 0 Å². The third kappa shape index (κ3) is 5.74. The Morgan fingerprint density at radius 1 is 0.250 bits per heavy atom. The molecule has 1 aliphatic carbocycles. The fourth-order valence-electron chi connectivity index (χ4n) is 7.25. The van der Waals surface area contributed by atoms with Crippen LogP contribution in [0.2, 0.25) is 0 Å². The van der Waals surface area contributed by atoms with Crippen LogP contribution in [0.1, 0.15) is 15.9 Å². The van der Waals surface area contributed by atoms with E-state index in [4.69, 9.17) is 0 Å². The van der Waals surface area contributed by atoms with Crippen molar-refractivity contribution in [3.05, 3.63) is 217 Å². The highest BCUT2D eigenvalue weighted by Gasteiger charge is 2.27. The van der Waals surface area contributed by atoms with E-state index in [1.54, 1.807) is 0 Å². The zero-order chi connectivity index (χ0) is 34.9. The highest BCUT2D eigenvalue weighted by molar-refractivity contribution is 6.22. The normalized spacial score (nSPS) is 11.5. The Labute approximate surface area is 304 Å². The van der Waals surface area contributed by atoms with Crippen molar-refractivity contribution in [2.75, 3.05) is 9.80 Å². The van der Waals surface area contributed by atoms with Crippen LogP contribution in [-0.4, -0.2) is 5.78 Å². The summed E-state index contributed by atoms with van der Waals surface area (Å²) in [5.41, 5.74) is 14.2. The molecule has 3 heteroatoms. The molecule has 0 aromatic heterocycles. The number of benzene rings is 8. The van der Waals surface area contributed by atoms with Crippen molar-refractivity contribution < 1.29 is 4.79 Å². The first-order valence-corrected chi connectivity index (χ1v) is 17.6. The second-order valence-electron chi connectivity index (χ2n) is 13.0. The van der Waals surface area contributed by atoms with Crippen LogP contribution in [-0.2, 0) is 0 Å². The van der Waals surface area contributed by atoms with Crippen LogP contribution in [0.4, 0.5) is 34.1 Å². The highest BCUT2D eigenvalue weighted by atomic mass is 16.1. The summed E-state index contributed by atoms with van der Waals surface area (Å²) in [5, 5.41) is 0. The minimum absolute atomic E-state index is 0.0700. The van der Waals surface area contributed by atoms with Crippen molar-refractivity contribution in [3.8, 4) is 33.4 Å². The van der Waals surface area contributed by atoms with Crippen molar-refractivity contribution >= 4 is 39.9 Å². The van der Waals surface area contributed by atoms with Gasteiger partial charge in [-0.05, 0) is 118 Å². The molecule has 9 rings (SSSR count). The Morgan fingerprint density at radius 3 is 0.827 bits per heavy atom. The van der Waals surface area contributed by atoms with Crippen LogP contribution in [0.5, 0.6) is 0 Å². The van der Waals surface area contributed by atoms with Gasteiger partial charge in [0.1, 0.15) is 0 Å². The van der Waals surface area contributed by atoms with Gasteiger partial charge in [0.05, 0.1) is 0 Å². The Kier molecular flexibility index (Phi) is 7.99. The summed E-state index contributed by atoms with van der Waals surface area (Å²) < 4.78 is 0. The second-order valence-corrected chi connectivity index (χ2v) is 13.0. The number of nitrogens with zero attached hydrogens (tertiary/aromatic N) is 2. The number of hydrogen-bond acceptors (Lipinski definition) is 3. The molecule has 0 fully saturated rings. The molecule has 0 aliphatic heterocycles. The number of para-hydroxylation sites is 4. The molecule has 0 N–H and O–H groups in total.